The van der Waals surface area contributed by atoms with Gasteiger partial charge >= 0.3 is 5.97 Å². The van der Waals surface area contributed by atoms with Crippen LogP contribution in [-0.4, -0.2) is 16.1 Å². The molecule has 0 bridgehead atoms. The van der Waals surface area contributed by atoms with Gasteiger partial charge in [-0.05, 0) is 36.8 Å². The third-order valence-electron chi connectivity index (χ3n) is 2.70. The van der Waals surface area contributed by atoms with E-state index in [1.54, 1.807) is 30.3 Å². The molecule has 0 radical (unpaired) electrons. The summed E-state index contributed by atoms with van der Waals surface area (Å²) in [6.07, 6.45) is 1.52. The molecule has 2 rings (SSSR count). The molecule has 1 aromatic heterocycles. The van der Waals surface area contributed by atoms with Crippen LogP contribution in [0.3, 0.4) is 0 Å². The number of aromatic carboxylic acids is 1. The van der Waals surface area contributed by atoms with Gasteiger partial charge in [-0.25, -0.2) is 9.78 Å². The van der Waals surface area contributed by atoms with Crippen molar-refractivity contribution in [2.75, 3.05) is 0 Å². The van der Waals surface area contributed by atoms with Gasteiger partial charge < -0.3 is 9.84 Å². The zero-order chi connectivity index (χ0) is 14.5. The van der Waals surface area contributed by atoms with Crippen molar-refractivity contribution in [3.63, 3.8) is 0 Å². The van der Waals surface area contributed by atoms with Gasteiger partial charge in [0.15, 0.2) is 0 Å². The molecule has 0 atom stereocenters. The SMILES string of the molecule is Cc1ccc(OCc2ccnc(C#N)c2)c(C(=O)O)c1. The molecule has 0 aliphatic carbocycles. The van der Waals surface area contributed by atoms with Crippen molar-refractivity contribution in [2.24, 2.45) is 0 Å². The first-order chi connectivity index (χ1) is 9.60. The number of carboxylic acids is 1. The van der Waals surface area contributed by atoms with E-state index < -0.39 is 5.97 Å². The molecule has 0 spiro atoms. The highest BCUT2D eigenvalue weighted by Gasteiger charge is 2.11. The van der Waals surface area contributed by atoms with Crippen molar-refractivity contribution in [3.05, 3.63) is 58.9 Å². The van der Waals surface area contributed by atoms with E-state index in [4.69, 9.17) is 15.1 Å². The Morgan fingerprint density at radius 3 is 2.90 bits per heavy atom. The van der Waals surface area contributed by atoms with Crippen molar-refractivity contribution >= 4 is 5.97 Å². The van der Waals surface area contributed by atoms with Crippen LogP contribution in [0.25, 0.3) is 0 Å². The lowest BCUT2D eigenvalue weighted by atomic mass is 10.1. The first-order valence-corrected chi connectivity index (χ1v) is 5.92. The van der Waals surface area contributed by atoms with Crippen molar-refractivity contribution in [3.8, 4) is 11.8 Å². The predicted molar refractivity (Wildman–Crippen MR) is 71.4 cm³/mol. The molecule has 0 fully saturated rings. The number of ether oxygens (including phenoxy) is 1. The van der Waals surface area contributed by atoms with Crippen molar-refractivity contribution in [1.29, 1.82) is 5.26 Å². The van der Waals surface area contributed by atoms with Gasteiger partial charge in [0.1, 0.15) is 29.7 Å². The van der Waals surface area contributed by atoms with Crippen molar-refractivity contribution < 1.29 is 14.6 Å². The van der Waals surface area contributed by atoms with E-state index in [1.165, 1.54) is 6.20 Å². The van der Waals surface area contributed by atoms with Gasteiger partial charge in [-0.2, -0.15) is 5.26 Å². The van der Waals surface area contributed by atoms with E-state index in [0.29, 0.717) is 11.4 Å². The zero-order valence-corrected chi connectivity index (χ0v) is 10.8. The van der Waals surface area contributed by atoms with Gasteiger partial charge in [0.05, 0.1) is 0 Å². The second-order valence-electron chi connectivity index (χ2n) is 4.25. The van der Waals surface area contributed by atoms with Gasteiger partial charge in [-0.1, -0.05) is 11.6 Å². The van der Waals surface area contributed by atoms with Crippen LogP contribution in [0.1, 0.15) is 27.2 Å². The molecular formula is C15H12N2O3. The van der Waals surface area contributed by atoms with Gasteiger partial charge in [0.25, 0.3) is 0 Å². The van der Waals surface area contributed by atoms with Crippen molar-refractivity contribution in [1.82, 2.24) is 4.98 Å². The van der Waals surface area contributed by atoms with Crippen LogP contribution in [-0.2, 0) is 6.61 Å². The summed E-state index contributed by atoms with van der Waals surface area (Å²) in [5, 5.41) is 17.9. The smallest absolute Gasteiger partial charge is 0.339 e. The number of carboxylic acid groups (broad SMARTS) is 1. The largest absolute Gasteiger partial charge is 0.488 e. The van der Waals surface area contributed by atoms with E-state index in [2.05, 4.69) is 4.98 Å². The maximum absolute atomic E-state index is 11.2. The average Bonchev–Trinajstić information content (AvgIpc) is 2.46. The summed E-state index contributed by atoms with van der Waals surface area (Å²) in [6.45, 7) is 2.00. The predicted octanol–water partition coefficient (Wildman–Crippen LogP) is 2.54. The Kier molecular flexibility index (Phi) is 3.96. The Morgan fingerprint density at radius 2 is 2.20 bits per heavy atom. The van der Waals surface area contributed by atoms with Crippen LogP contribution < -0.4 is 4.74 Å². The Balaban J connectivity index is 2.19. The number of aromatic nitrogens is 1. The van der Waals surface area contributed by atoms with Crippen LogP contribution in [0, 0.1) is 18.3 Å². The highest BCUT2D eigenvalue weighted by molar-refractivity contribution is 5.91. The Bertz CT molecular complexity index is 690. The molecule has 100 valence electrons. The molecule has 1 heterocycles. The molecule has 5 nitrogen and oxygen atoms in total. The number of pyridine rings is 1. The standard InChI is InChI=1S/C15H12N2O3/c1-10-2-3-14(13(6-10)15(18)19)20-9-11-4-5-17-12(7-11)8-16/h2-7H,9H2,1H3,(H,18,19). The minimum Gasteiger partial charge on any atom is -0.488 e. The van der Waals surface area contributed by atoms with Crippen LogP contribution in [0.15, 0.2) is 36.5 Å². The summed E-state index contributed by atoms with van der Waals surface area (Å²) in [5.74, 6) is -0.727. The average molecular weight is 268 g/mol. The molecule has 0 saturated heterocycles. The van der Waals surface area contributed by atoms with E-state index in [-0.39, 0.29) is 12.2 Å². The summed E-state index contributed by atoms with van der Waals surface area (Å²) in [5.41, 5.74) is 2.03. The van der Waals surface area contributed by atoms with Gasteiger partial charge in [0.2, 0.25) is 0 Å². The first-order valence-electron chi connectivity index (χ1n) is 5.92. The molecular weight excluding hydrogens is 256 g/mol. The van der Waals surface area contributed by atoms with E-state index >= 15 is 0 Å². The van der Waals surface area contributed by atoms with Gasteiger partial charge in [-0.3, -0.25) is 0 Å². The number of hydrogen-bond donors (Lipinski definition) is 1. The minimum absolute atomic E-state index is 0.125. The topological polar surface area (TPSA) is 83.2 Å². The van der Waals surface area contributed by atoms with Crippen LogP contribution in [0.2, 0.25) is 0 Å². The Morgan fingerprint density at radius 1 is 1.40 bits per heavy atom. The quantitative estimate of drug-likeness (QED) is 0.921. The van der Waals surface area contributed by atoms with Gasteiger partial charge in [0, 0.05) is 6.20 Å². The monoisotopic (exact) mass is 268 g/mol. The molecule has 5 heteroatoms. The van der Waals surface area contributed by atoms with E-state index in [0.717, 1.165) is 11.1 Å². The van der Waals surface area contributed by atoms with Crippen LogP contribution >= 0.6 is 0 Å². The maximum atomic E-state index is 11.2. The molecule has 0 aliphatic rings. The third kappa shape index (κ3) is 3.12. The molecule has 1 N–H and O–H groups in total. The first kappa shape index (κ1) is 13.6. The number of nitriles is 1. The molecule has 0 unspecified atom stereocenters. The fraction of sp³-hybridized carbons (Fsp3) is 0.133. The molecule has 1 aromatic carbocycles. The van der Waals surface area contributed by atoms with Crippen molar-refractivity contribution in [2.45, 2.75) is 13.5 Å². The lowest BCUT2D eigenvalue weighted by Crippen LogP contribution is -2.04. The van der Waals surface area contributed by atoms with E-state index in [9.17, 15) is 4.79 Å². The summed E-state index contributed by atoms with van der Waals surface area (Å²) in [4.78, 5) is 15.0. The van der Waals surface area contributed by atoms with Gasteiger partial charge in [-0.15, -0.1) is 0 Å². The fourth-order valence-corrected chi connectivity index (χ4v) is 1.72. The fourth-order valence-electron chi connectivity index (χ4n) is 1.72. The number of benzene rings is 1. The second-order valence-corrected chi connectivity index (χ2v) is 4.25. The van der Waals surface area contributed by atoms with E-state index in [1.807, 2.05) is 13.0 Å². The molecule has 0 amide bonds. The highest BCUT2D eigenvalue weighted by Crippen LogP contribution is 2.21. The van der Waals surface area contributed by atoms with Crippen LogP contribution in [0.5, 0.6) is 5.75 Å². The Hall–Kier alpha value is -2.87. The number of aryl methyl sites for hydroxylation is 1. The maximum Gasteiger partial charge on any atom is 0.339 e. The Labute approximate surface area is 116 Å². The molecule has 20 heavy (non-hydrogen) atoms. The molecule has 0 aliphatic heterocycles. The number of hydrogen-bond acceptors (Lipinski definition) is 4. The highest BCUT2D eigenvalue weighted by atomic mass is 16.5. The lowest BCUT2D eigenvalue weighted by Gasteiger charge is -2.10. The number of nitrogens with zero attached hydrogens (tertiary/aromatic N) is 2. The third-order valence-corrected chi connectivity index (χ3v) is 2.70. The summed E-state index contributed by atoms with van der Waals surface area (Å²) in [6, 6.07) is 10.2. The number of rotatable bonds is 4. The lowest BCUT2D eigenvalue weighted by molar-refractivity contribution is 0.0691. The molecule has 2 aromatic rings. The normalized spacial score (nSPS) is 9.80. The zero-order valence-electron chi connectivity index (χ0n) is 10.8. The number of carbonyl (C=O) groups is 1. The van der Waals surface area contributed by atoms with Crippen LogP contribution in [0.4, 0.5) is 0 Å². The molecule has 0 saturated carbocycles. The second kappa shape index (κ2) is 5.85. The summed E-state index contributed by atoms with van der Waals surface area (Å²) >= 11 is 0. The summed E-state index contributed by atoms with van der Waals surface area (Å²) in [7, 11) is 0. The minimum atomic E-state index is -1.03. The summed E-state index contributed by atoms with van der Waals surface area (Å²) < 4.78 is 5.52.